The molecule has 0 N–H and O–H groups in total. The smallest absolute Gasteiger partial charge is 0.344 e. The molecule has 0 radical (unpaired) electrons. The number of nitrogens with zero attached hydrogens (tertiary/aromatic N) is 2. The zero-order valence-electron chi connectivity index (χ0n) is 16.0. The van der Waals surface area contributed by atoms with Gasteiger partial charge in [-0.3, -0.25) is 15.1 Å². The number of ether oxygens (including phenoxy) is 2. The minimum atomic E-state index is -0.811. The van der Waals surface area contributed by atoms with E-state index in [9.17, 15) is 19.7 Å². The Labute approximate surface area is 162 Å². The molecule has 2 aromatic rings. The molecule has 0 aliphatic heterocycles. The predicted molar refractivity (Wildman–Crippen MR) is 103 cm³/mol. The summed E-state index contributed by atoms with van der Waals surface area (Å²) < 4.78 is 9.90. The fraction of sp³-hybridized carbons (Fsp3) is 0.250. The summed E-state index contributed by atoms with van der Waals surface area (Å²) in [7, 11) is 1.15. The van der Waals surface area contributed by atoms with Gasteiger partial charge >= 0.3 is 11.9 Å². The van der Waals surface area contributed by atoms with Crippen LogP contribution in [0.3, 0.4) is 0 Å². The quantitative estimate of drug-likeness (QED) is 0.332. The molecule has 0 saturated heterocycles. The molecular weight excluding hydrogens is 364 g/mol. The minimum Gasteiger partial charge on any atom is -0.465 e. The molecule has 8 heteroatoms. The van der Waals surface area contributed by atoms with Crippen molar-refractivity contribution >= 4 is 29.5 Å². The van der Waals surface area contributed by atoms with Crippen LogP contribution in [0.15, 0.2) is 47.5 Å². The van der Waals surface area contributed by atoms with Crippen molar-refractivity contribution < 1.29 is 24.0 Å². The zero-order valence-corrected chi connectivity index (χ0v) is 16.0. The Morgan fingerprint density at radius 2 is 1.79 bits per heavy atom. The number of aliphatic imine (C=N–C) groups is 1. The summed E-state index contributed by atoms with van der Waals surface area (Å²) in [6, 6.07) is 10.6. The average molecular weight is 384 g/mol. The second-order valence-corrected chi connectivity index (χ2v) is 6.80. The van der Waals surface area contributed by atoms with Gasteiger partial charge in [0.05, 0.1) is 28.8 Å². The summed E-state index contributed by atoms with van der Waals surface area (Å²) >= 11 is 0. The van der Waals surface area contributed by atoms with Crippen molar-refractivity contribution in [1.82, 2.24) is 0 Å². The molecule has 0 aliphatic carbocycles. The van der Waals surface area contributed by atoms with Gasteiger partial charge in [0.2, 0.25) is 0 Å². The normalized spacial score (nSPS) is 11.3. The molecular formula is C20H20N2O6. The number of hydrogen-bond acceptors (Lipinski definition) is 7. The van der Waals surface area contributed by atoms with Crippen molar-refractivity contribution in [3.8, 4) is 0 Å². The van der Waals surface area contributed by atoms with E-state index in [1.807, 2.05) is 0 Å². The lowest BCUT2D eigenvalue weighted by atomic mass is 10.1. The highest BCUT2D eigenvalue weighted by molar-refractivity contribution is 5.99. The molecule has 0 heterocycles. The van der Waals surface area contributed by atoms with Crippen LogP contribution in [0.1, 0.15) is 47.1 Å². The van der Waals surface area contributed by atoms with Crippen molar-refractivity contribution in [2.75, 3.05) is 7.11 Å². The zero-order chi connectivity index (χ0) is 20.9. The third-order valence-corrected chi connectivity index (χ3v) is 3.49. The summed E-state index contributed by atoms with van der Waals surface area (Å²) in [6.45, 7) is 5.29. The third-order valence-electron chi connectivity index (χ3n) is 3.49. The van der Waals surface area contributed by atoms with Gasteiger partial charge in [-0.15, -0.1) is 0 Å². The Morgan fingerprint density at radius 1 is 1.11 bits per heavy atom. The van der Waals surface area contributed by atoms with Crippen LogP contribution in [-0.4, -0.2) is 35.8 Å². The van der Waals surface area contributed by atoms with Gasteiger partial charge in [0.25, 0.3) is 5.69 Å². The maximum absolute atomic E-state index is 12.2. The first-order valence-corrected chi connectivity index (χ1v) is 8.35. The molecule has 28 heavy (non-hydrogen) atoms. The van der Waals surface area contributed by atoms with Crippen molar-refractivity contribution in [2.24, 2.45) is 4.99 Å². The van der Waals surface area contributed by atoms with Crippen LogP contribution >= 0.6 is 0 Å². The Morgan fingerprint density at radius 3 is 2.39 bits per heavy atom. The number of esters is 2. The van der Waals surface area contributed by atoms with E-state index in [0.717, 1.165) is 7.11 Å². The fourth-order valence-electron chi connectivity index (χ4n) is 2.34. The van der Waals surface area contributed by atoms with Gasteiger partial charge in [-0.25, -0.2) is 9.59 Å². The number of carbonyl (C=O) groups excluding carboxylic acids is 2. The van der Waals surface area contributed by atoms with Gasteiger partial charge in [0, 0.05) is 6.21 Å². The van der Waals surface area contributed by atoms with Crippen molar-refractivity contribution in [1.29, 1.82) is 0 Å². The molecule has 8 nitrogen and oxygen atoms in total. The summed E-state index contributed by atoms with van der Waals surface area (Å²) in [5.74, 6) is -1.31. The van der Waals surface area contributed by atoms with Gasteiger partial charge in [0.15, 0.2) is 0 Å². The Kier molecular flexibility index (Phi) is 6.25. The molecule has 2 rings (SSSR count). The number of para-hydroxylation sites is 1. The molecule has 0 bridgehead atoms. The van der Waals surface area contributed by atoms with Gasteiger partial charge in [-0.1, -0.05) is 12.1 Å². The Bertz CT molecular complexity index is 944. The number of carbonyl (C=O) groups is 2. The molecule has 0 amide bonds. The lowest BCUT2D eigenvalue weighted by Crippen LogP contribution is -2.23. The number of nitro benzene ring substituents is 1. The van der Waals surface area contributed by atoms with E-state index in [-0.39, 0.29) is 11.1 Å². The van der Waals surface area contributed by atoms with Crippen LogP contribution in [0.2, 0.25) is 0 Å². The number of nitro groups is 1. The molecule has 0 spiro atoms. The maximum Gasteiger partial charge on any atom is 0.344 e. The predicted octanol–water partition coefficient (Wildman–Crippen LogP) is 4.09. The summed E-state index contributed by atoms with van der Waals surface area (Å²) in [5, 5.41) is 11.4. The summed E-state index contributed by atoms with van der Waals surface area (Å²) in [5.41, 5.74) is -0.356. The summed E-state index contributed by atoms with van der Waals surface area (Å²) in [4.78, 5) is 38.9. The monoisotopic (exact) mass is 384 g/mol. The van der Waals surface area contributed by atoms with Crippen molar-refractivity contribution in [3.05, 3.63) is 69.3 Å². The van der Waals surface area contributed by atoms with Crippen LogP contribution in [0.4, 0.5) is 11.4 Å². The number of benzene rings is 2. The molecule has 0 fully saturated rings. The van der Waals surface area contributed by atoms with Crippen LogP contribution < -0.4 is 0 Å². The minimum absolute atomic E-state index is 0.135. The van der Waals surface area contributed by atoms with E-state index in [0.29, 0.717) is 11.3 Å². The molecule has 0 aliphatic rings. The lowest BCUT2D eigenvalue weighted by molar-refractivity contribution is -0.385. The highest BCUT2D eigenvalue weighted by Gasteiger charge is 2.24. The van der Waals surface area contributed by atoms with Gasteiger partial charge in [0.1, 0.15) is 11.2 Å². The Hall–Kier alpha value is -3.55. The van der Waals surface area contributed by atoms with Crippen LogP contribution in [0.25, 0.3) is 0 Å². The lowest BCUT2D eigenvalue weighted by Gasteiger charge is -2.19. The van der Waals surface area contributed by atoms with E-state index >= 15 is 0 Å². The molecule has 0 saturated carbocycles. The number of methoxy groups -OCH3 is 1. The molecule has 0 unspecified atom stereocenters. The standard InChI is InChI=1S/C20H20N2O6/c1-20(2,3)28-18(23)13-7-5-9-15(11-13)21-12-14-8-6-10-16(19(24)27-4)17(14)22(25)26/h5-12H,1-4H3. The first kappa shape index (κ1) is 20.8. The molecule has 2 aromatic carbocycles. The first-order chi connectivity index (χ1) is 13.1. The second kappa shape index (κ2) is 8.43. The van der Waals surface area contributed by atoms with Crippen LogP contribution in [0, 0.1) is 10.1 Å². The SMILES string of the molecule is COC(=O)c1cccc(C=Nc2cccc(C(=O)OC(C)(C)C)c2)c1[N+](=O)[O-]. The van der Waals surface area contributed by atoms with Crippen LogP contribution in [0.5, 0.6) is 0 Å². The van der Waals surface area contributed by atoms with Gasteiger partial charge in [-0.2, -0.15) is 0 Å². The largest absolute Gasteiger partial charge is 0.465 e. The number of hydrogen-bond donors (Lipinski definition) is 0. The van der Waals surface area contributed by atoms with Crippen molar-refractivity contribution in [3.63, 3.8) is 0 Å². The second-order valence-electron chi connectivity index (χ2n) is 6.80. The highest BCUT2D eigenvalue weighted by Crippen LogP contribution is 2.24. The van der Waals surface area contributed by atoms with Gasteiger partial charge < -0.3 is 9.47 Å². The molecule has 146 valence electrons. The van der Waals surface area contributed by atoms with Crippen molar-refractivity contribution in [2.45, 2.75) is 26.4 Å². The third kappa shape index (κ3) is 5.23. The highest BCUT2D eigenvalue weighted by atomic mass is 16.6. The maximum atomic E-state index is 12.2. The topological polar surface area (TPSA) is 108 Å². The average Bonchev–Trinajstić information content (AvgIpc) is 2.64. The van der Waals surface area contributed by atoms with Gasteiger partial charge in [-0.05, 0) is 51.1 Å². The van der Waals surface area contributed by atoms with E-state index in [4.69, 9.17) is 4.74 Å². The fourth-order valence-corrected chi connectivity index (χ4v) is 2.34. The van der Waals surface area contributed by atoms with Crippen LogP contribution in [-0.2, 0) is 9.47 Å². The molecule has 0 aromatic heterocycles. The summed E-state index contributed by atoms with van der Waals surface area (Å²) in [6.07, 6.45) is 1.26. The molecule has 0 atom stereocenters. The van der Waals surface area contributed by atoms with E-state index in [1.165, 1.54) is 30.5 Å². The number of rotatable bonds is 5. The van der Waals surface area contributed by atoms with E-state index < -0.39 is 28.2 Å². The first-order valence-electron chi connectivity index (χ1n) is 8.35. The van der Waals surface area contributed by atoms with E-state index in [1.54, 1.807) is 39.0 Å². The Balaban J connectivity index is 2.37. The van der Waals surface area contributed by atoms with E-state index in [2.05, 4.69) is 9.73 Å².